The van der Waals surface area contributed by atoms with Gasteiger partial charge in [-0.2, -0.15) is 5.10 Å². The van der Waals surface area contributed by atoms with Gasteiger partial charge >= 0.3 is 17.1 Å². The largest absolute Gasteiger partial charge is 2.00 e. The standard InChI is InChI=1S/C17H14Cl2N3O.C5H5.Fe/c18-14-5-6-16(19)15(8-14)17(23)13(7-12-3-1-2-4-12)9-22-11-20-10-21-22;1-2-4-5-3-1;/h1-8,10-11,17,23H,9H2;1-5H;/q;;+2/b13-7+;;. The molecular weight excluding hydrogens is 449 g/mol. The summed E-state index contributed by atoms with van der Waals surface area (Å²) in [4.78, 5) is 3.93. The van der Waals surface area contributed by atoms with Gasteiger partial charge in [0, 0.05) is 21.5 Å². The molecule has 2 aromatic rings. The predicted octanol–water partition coefficient (Wildman–Crippen LogP) is 4.67. The third-order valence-corrected chi connectivity index (χ3v) is 4.59. The van der Waals surface area contributed by atoms with Crippen molar-refractivity contribution in [2.24, 2.45) is 0 Å². The van der Waals surface area contributed by atoms with Crippen molar-refractivity contribution >= 4 is 23.2 Å². The molecule has 1 N–H and O–H groups in total. The number of halogens is 2. The van der Waals surface area contributed by atoms with E-state index in [1.54, 1.807) is 29.2 Å². The van der Waals surface area contributed by atoms with Crippen LogP contribution in [0, 0.1) is 63.7 Å². The molecule has 10 radical (unpaired) electrons. The number of aliphatic hydroxyl groups is 1. The topological polar surface area (TPSA) is 50.9 Å². The fourth-order valence-electron chi connectivity index (χ4n) is 2.66. The molecule has 0 saturated heterocycles. The van der Waals surface area contributed by atoms with Crippen LogP contribution in [0.4, 0.5) is 0 Å². The number of allylic oxidation sites excluding steroid dienone is 1. The second kappa shape index (κ2) is 12.8. The minimum atomic E-state index is -0.889. The fourth-order valence-corrected chi connectivity index (χ4v) is 3.06. The molecule has 7 heteroatoms. The summed E-state index contributed by atoms with van der Waals surface area (Å²) in [7, 11) is 0. The number of rotatable bonds is 5. The quantitative estimate of drug-likeness (QED) is 0.650. The first-order valence-electron chi connectivity index (χ1n) is 8.68. The molecular formula is C22H19Cl2FeN3O+2. The van der Waals surface area contributed by atoms with Crippen LogP contribution in [0.1, 0.15) is 11.7 Å². The van der Waals surface area contributed by atoms with Gasteiger partial charge in [-0.1, -0.05) is 29.3 Å². The monoisotopic (exact) mass is 467 g/mol. The maximum Gasteiger partial charge on any atom is 2.00 e. The Morgan fingerprint density at radius 2 is 1.69 bits per heavy atom. The van der Waals surface area contributed by atoms with Crippen molar-refractivity contribution in [2.45, 2.75) is 12.6 Å². The SMILES string of the molecule is OC(/C(=C/[C]1[CH][CH][CH][CH]1)Cn1cncn1)c1cc(Cl)ccc1Cl.[CH]1[CH][CH][CH][CH]1.[Fe+2]. The van der Waals surface area contributed by atoms with Gasteiger partial charge in [0.2, 0.25) is 0 Å². The molecule has 4 nitrogen and oxygen atoms in total. The Bertz CT molecular complexity index is 750. The minimum absolute atomic E-state index is 0. The van der Waals surface area contributed by atoms with Crippen molar-refractivity contribution in [1.29, 1.82) is 0 Å². The van der Waals surface area contributed by atoms with E-state index in [0.29, 0.717) is 22.2 Å². The van der Waals surface area contributed by atoms with Gasteiger partial charge in [0.15, 0.2) is 0 Å². The summed E-state index contributed by atoms with van der Waals surface area (Å²) >= 11 is 12.3. The Morgan fingerprint density at radius 1 is 1.03 bits per heavy atom. The minimum Gasteiger partial charge on any atom is -0.384 e. The Kier molecular flexibility index (Phi) is 10.8. The van der Waals surface area contributed by atoms with Crippen LogP contribution in [0.3, 0.4) is 0 Å². The van der Waals surface area contributed by atoms with E-state index in [1.165, 1.54) is 6.33 Å². The molecule has 29 heavy (non-hydrogen) atoms. The van der Waals surface area contributed by atoms with Gasteiger partial charge in [-0.3, -0.25) is 0 Å². The fraction of sp³-hybridized carbons (Fsp3) is 0.0909. The summed E-state index contributed by atoms with van der Waals surface area (Å²) in [6.07, 6.45) is 21.9. The van der Waals surface area contributed by atoms with Crippen LogP contribution in [-0.2, 0) is 23.6 Å². The zero-order valence-electron chi connectivity index (χ0n) is 15.3. The van der Waals surface area contributed by atoms with E-state index in [4.69, 9.17) is 23.2 Å². The molecule has 2 saturated carbocycles. The molecule has 1 atom stereocenters. The molecule has 1 heterocycles. The first-order chi connectivity index (χ1) is 13.6. The maximum atomic E-state index is 10.8. The van der Waals surface area contributed by atoms with E-state index in [1.807, 2.05) is 63.9 Å². The Hall–Kier alpha value is -0.841. The Balaban J connectivity index is 0.000000437. The van der Waals surface area contributed by atoms with Crippen LogP contribution in [-0.4, -0.2) is 19.9 Å². The van der Waals surface area contributed by atoms with Crippen molar-refractivity contribution in [3.05, 3.63) is 122 Å². The number of aromatic nitrogens is 3. The molecule has 1 aromatic carbocycles. The summed E-state index contributed by atoms with van der Waals surface area (Å²) < 4.78 is 1.65. The Morgan fingerprint density at radius 3 is 2.28 bits per heavy atom. The molecule has 0 spiro atoms. The van der Waals surface area contributed by atoms with Crippen LogP contribution >= 0.6 is 23.2 Å². The van der Waals surface area contributed by atoms with Gasteiger partial charge in [0.25, 0.3) is 0 Å². The third-order valence-electron chi connectivity index (χ3n) is 4.01. The van der Waals surface area contributed by atoms with E-state index in [2.05, 4.69) is 10.1 Å². The molecule has 148 valence electrons. The zero-order valence-corrected chi connectivity index (χ0v) is 18.0. The van der Waals surface area contributed by atoms with Gasteiger partial charge in [0.1, 0.15) is 18.8 Å². The second-order valence-corrected chi connectivity index (χ2v) is 6.90. The van der Waals surface area contributed by atoms with E-state index in [0.717, 1.165) is 11.5 Å². The average molecular weight is 468 g/mol. The average Bonchev–Trinajstić information content (AvgIpc) is 3.47. The van der Waals surface area contributed by atoms with E-state index < -0.39 is 6.10 Å². The molecule has 4 rings (SSSR count). The molecule has 0 amide bonds. The van der Waals surface area contributed by atoms with Crippen LogP contribution in [0.15, 0.2) is 42.5 Å². The zero-order chi connectivity index (χ0) is 19.8. The molecule has 2 fully saturated rings. The van der Waals surface area contributed by atoms with Gasteiger partial charge in [0.05, 0.1) is 6.54 Å². The van der Waals surface area contributed by atoms with E-state index >= 15 is 0 Å². The number of aliphatic hydroxyl groups excluding tert-OH is 1. The predicted molar refractivity (Wildman–Crippen MR) is 111 cm³/mol. The maximum absolute atomic E-state index is 10.8. The van der Waals surface area contributed by atoms with Crippen molar-refractivity contribution in [3.8, 4) is 0 Å². The van der Waals surface area contributed by atoms with Crippen LogP contribution in [0.2, 0.25) is 10.0 Å². The number of hydrogen-bond acceptors (Lipinski definition) is 3. The van der Waals surface area contributed by atoms with Crippen LogP contribution < -0.4 is 0 Å². The molecule has 2 aliphatic rings. The molecule has 2 aliphatic carbocycles. The molecule has 0 bridgehead atoms. The van der Waals surface area contributed by atoms with Crippen molar-refractivity contribution in [2.75, 3.05) is 0 Å². The molecule has 0 aliphatic heterocycles. The smallest absolute Gasteiger partial charge is 0.384 e. The van der Waals surface area contributed by atoms with Gasteiger partial charge in [-0.05, 0) is 81.6 Å². The Labute approximate surface area is 194 Å². The number of benzene rings is 1. The molecule has 1 aromatic heterocycles. The second-order valence-electron chi connectivity index (χ2n) is 6.06. The third kappa shape index (κ3) is 7.73. The van der Waals surface area contributed by atoms with E-state index in [-0.39, 0.29) is 17.1 Å². The summed E-state index contributed by atoms with van der Waals surface area (Å²) in [6, 6.07) is 5.05. The summed E-state index contributed by atoms with van der Waals surface area (Å²) in [5.74, 6) is 0.998. The molecule has 1 unspecified atom stereocenters. The van der Waals surface area contributed by atoms with Crippen molar-refractivity contribution in [1.82, 2.24) is 14.8 Å². The summed E-state index contributed by atoms with van der Waals surface area (Å²) in [5, 5.41) is 15.9. The summed E-state index contributed by atoms with van der Waals surface area (Å²) in [5.41, 5.74) is 1.31. The number of hydrogen-bond donors (Lipinski definition) is 1. The number of nitrogens with zero attached hydrogens (tertiary/aromatic N) is 3. The van der Waals surface area contributed by atoms with E-state index in [9.17, 15) is 5.11 Å². The normalized spacial score (nSPS) is 18.1. The van der Waals surface area contributed by atoms with Gasteiger partial charge in [-0.15, -0.1) is 0 Å². The van der Waals surface area contributed by atoms with Gasteiger partial charge < -0.3 is 5.11 Å². The first-order valence-corrected chi connectivity index (χ1v) is 9.43. The summed E-state index contributed by atoms with van der Waals surface area (Å²) in [6.45, 7) is 0.398. The van der Waals surface area contributed by atoms with Crippen LogP contribution in [0.5, 0.6) is 0 Å². The van der Waals surface area contributed by atoms with Crippen LogP contribution in [0.25, 0.3) is 0 Å². The van der Waals surface area contributed by atoms with Gasteiger partial charge in [-0.25, -0.2) is 9.67 Å². The van der Waals surface area contributed by atoms with Crippen molar-refractivity contribution in [3.63, 3.8) is 0 Å². The first kappa shape index (κ1) is 24.4. The van der Waals surface area contributed by atoms with Crippen molar-refractivity contribution < 1.29 is 22.2 Å².